The lowest BCUT2D eigenvalue weighted by Crippen LogP contribution is -2.23. The van der Waals surface area contributed by atoms with Gasteiger partial charge in [0.25, 0.3) is 29.5 Å². The fourth-order valence-electron chi connectivity index (χ4n) is 15.1. The zero-order valence-corrected chi connectivity index (χ0v) is 68.1. The number of hydrogen-bond donors (Lipinski definition) is 15. The molecule has 5 aromatic heterocycles. The van der Waals surface area contributed by atoms with Gasteiger partial charge in [-0.15, -0.1) is 0 Å². The predicted molar refractivity (Wildman–Crippen MR) is 470 cm³/mol. The van der Waals surface area contributed by atoms with Crippen LogP contribution in [0.25, 0.3) is 10.8 Å². The van der Waals surface area contributed by atoms with Crippen LogP contribution in [0, 0.1) is 19.8 Å². The van der Waals surface area contributed by atoms with Gasteiger partial charge >= 0.3 is 0 Å². The molecule has 5 heterocycles. The van der Waals surface area contributed by atoms with Crippen LogP contribution in [-0.4, -0.2) is 136 Å². The van der Waals surface area contributed by atoms with E-state index >= 15 is 0 Å². The number of carbonyl (C=O) groups excluding carboxylic acids is 5. The van der Waals surface area contributed by atoms with Crippen LogP contribution in [0.2, 0.25) is 0 Å². The van der Waals surface area contributed by atoms with Gasteiger partial charge in [0, 0.05) is 100 Å². The molecule has 0 atom stereocenters. The summed E-state index contributed by atoms with van der Waals surface area (Å²) < 4.78 is 0. The SMILES string of the molecule is Cc1cc(NC(=O)c2cc(NC3CCCCC3)ncn2)ccc1O.Cc1cc(O)ccc1NC(=O)c1cc(NC2CCCCC2)ncn1.O=C(Nc1ccc(O)c2ccccc12)c1cc(NC2CCCCC2)ncn1.O=C(Nc1ccc(O)cc1)c1cc(NC2CCCC2)ncn1.O=C(Nc1ccc(O)cc1)c1cc(NCC2CCCCC2)ncn1. The van der Waals surface area contributed by atoms with Gasteiger partial charge in [0.1, 0.15) is 118 Å². The van der Waals surface area contributed by atoms with Crippen molar-refractivity contribution in [1.82, 2.24) is 49.8 Å². The molecule has 0 bridgehead atoms. The Kier molecular flexibility index (Phi) is 31.7. The zero-order chi connectivity index (χ0) is 84.7. The van der Waals surface area contributed by atoms with E-state index in [0.29, 0.717) is 127 Å². The van der Waals surface area contributed by atoms with Crippen molar-refractivity contribution in [2.45, 2.75) is 192 Å². The number of hydrogen-bond acceptors (Lipinski definition) is 25. The van der Waals surface area contributed by atoms with Gasteiger partial charge < -0.3 is 78.7 Å². The molecule has 11 aromatic rings. The first-order valence-corrected chi connectivity index (χ1v) is 41.7. The molecule has 5 saturated carbocycles. The molecule has 0 spiro atoms. The van der Waals surface area contributed by atoms with Crippen molar-refractivity contribution >= 4 is 97.8 Å². The van der Waals surface area contributed by atoms with E-state index < -0.39 is 0 Å². The zero-order valence-electron chi connectivity index (χ0n) is 68.1. The Morgan fingerprint density at radius 2 is 0.620 bits per heavy atom. The summed E-state index contributed by atoms with van der Waals surface area (Å²) in [5, 5.41) is 79.8. The van der Waals surface area contributed by atoms with Crippen molar-refractivity contribution in [1.29, 1.82) is 0 Å². The molecule has 0 saturated heterocycles. The summed E-state index contributed by atoms with van der Waals surface area (Å²) >= 11 is 0. The van der Waals surface area contributed by atoms with Crippen LogP contribution in [0.5, 0.6) is 28.7 Å². The highest BCUT2D eigenvalue weighted by molar-refractivity contribution is 6.10. The van der Waals surface area contributed by atoms with Crippen LogP contribution < -0.4 is 53.2 Å². The van der Waals surface area contributed by atoms with Crippen LogP contribution in [0.3, 0.4) is 0 Å². The molecule has 30 nitrogen and oxygen atoms in total. The summed E-state index contributed by atoms with van der Waals surface area (Å²) in [7, 11) is 0. The molecule has 0 unspecified atom stereocenters. The van der Waals surface area contributed by atoms with Crippen LogP contribution in [0.1, 0.15) is 218 Å². The first-order valence-electron chi connectivity index (χ1n) is 41.7. The molecule has 5 aliphatic carbocycles. The van der Waals surface area contributed by atoms with E-state index in [1.165, 1.54) is 159 Å². The van der Waals surface area contributed by atoms with E-state index in [2.05, 4.69) is 103 Å². The van der Waals surface area contributed by atoms with E-state index in [0.717, 1.165) is 68.9 Å². The Morgan fingerprint density at radius 1 is 0.298 bits per heavy atom. The first-order chi connectivity index (χ1) is 58.8. The molecule has 6 aromatic carbocycles. The van der Waals surface area contributed by atoms with Gasteiger partial charge in [-0.3, -0.25) is 24.0 Å². The maximum Gasteiger partial charge on any atom is 0.274 e. The summed E-state index contributed by atoms with van der Waals surface area (Å²) in [5.74, 6) is 3.45. The van der Waals surface area contributed by atoms with Crippen molar-refractivity contribution in [3.8, 4) is 28.7 Å². The molecule has 15 N–H and O–H groups in total. The average Bonchev–Trinajstić information content (AvgIpc) is 1.07. The van der Waals surface area contributed by atoms with E-state index in [9.17, 15) is 49.5 Å². The normalized spacial score (nSPS) is 14.9. The van der Waals surface area contributed by atoms with Crippen LogP contribution >= 0.6 is 0 Å². The van der Waals surface area contributed by atoms with Gasteiger partial charge in [-0.25, -0.2) is 49.8 Å². The minimum Gasteiger partial charge on any atom is -0.508 e. The molecular formula is C91H106N20O10. The number of aromatic nitrogens is 10. The average molecular weight is 1640 g/mol. The summed E-state index contributed by atoms with van der Waals surface area (Å²) in [6.45, 7) is 4.49. The van der Waals surface area contributed by atoms with Crippen molar-refractivity contribution in [3.63, 3.8) is 0 Å². The highest BCUT2D eigenvalue weighted by Gasteiger charge is 2.23. The van der Waals surface area contributed by atoms with Gasteiger partial charge in [0.15, 0.2) is 0 Å². The summed E-state index contributed by atoms with van der Waals surface area (Å²) in [6.07, 6.45) is 36.3. The first kappa shape index (κ1) is 86.7. The molecule has 630 valence electrons. The number of fused-ring (bicyclic) bond motifs is 1. The lowest BCUT2D eigenvalue weighted by atomic mass is 9.89. The number of nitrogens with one attached hydrogen (secondary N) is 10. The van der Waals surface area contributed by atoms with Crippen molar-refractivity contribution in [2.24, 2.45) is 5.92 Å². The molecule has 5 aliphatic rings. The topological polar surface area (TPSA) is 436 Å². The standard InChI is InChI=1S/C21H22N4O2.3C18H22N4O2.C16H18N4O2/c26-19-11-10-17(15-8-4-5-9-16(15)19)25-21(27)18-12-20(23-13-22-18)24-14-6-2-1-3-7-14;1-12-9-14(7-8-16(12)23)22-18(24)15-10-17(20-11-19-15)21-13-5-3-2-4-6-13;1-12-9-14(23)7-8-15(12)22-18(24)16-10-17(20-11-19-16)21-13-5-3-2-4-6-13;23-15-8-6-14(7-9-15)22-18(24)16-10-17(21-12-20-16)19-11-13-4-2-1-3-5-13;21-13-7-5-12(6-8-13)20-16(22)14-9-15(18-10-17-14)19-11-3-1-2-4-11/h4-5,8-14,26H,1-3,6-7H2,(H,25,27)(H,22,23,24);2*7-11,13,23H,2-6H2,1H3,(H,22,24)(H,19,20,21);6-10,12-13,23H,1-5,11H2,(H,22,24)(H,19,20,21);5-11,21H,1-4H2,(H,20,22)(H,17,18,19). The van der Waals surface area contributed by atoms with Crippen molar-refractivity contribution in [2.75, 3.05) is 59.7 Å². The fraction of sp³-hybridized carbons (Fsp3) is 0.352. The minimum atomic E-state index is -0.306. The Labute approximate surface area is 703 Å². The quantitative estimate of drug-likeness (QED) is 0.0297. The maximum atomic E-state index is 12.7. The Hall–Kier alpha value is -13.7. The van der Waals surface area contributed by atoms with E-state index in [1.54, 1.807) is 110 Å². The third kappa shape index (κ3) is 27.2. The lowest BCUT2D eigenvalue weighted by Gasteiger charge is -2.23. The number of carbonyl (C=O) groups is 5. The highest BCUT2D eigenvalue weighted by atomic mass is 16.3. The number of nitrogens with zero attached hydrogens (tertiary/aromatic N) is 10. The number of phenolic OH excluding ortho intramolecular Hbond substituents is 5. The Balaban J connectivity index is 0.000000139. The largest absolute Gasteiger partial charge is 0.508 e. The van der Waals surface area contributed by atoms with Crippen LogP contribution in [-0.2, 0) is 0 Å². The van der Waals surface area contributed by atoms with E-state index in [4.69, 9.17) is 0 Å². The number of aromatic hydroxyl groups is 5. The molecular weight excluding hydrogens is 1530 g/mol. The summed E-state index contributed by atoms with van der Waals surface area (Å²) in [4.78, 5) is 103. The number of rotatable bonds is 21. The van der Waals surface area contributed by atoms with Crippen molar-refractivity contribution < 1.29 is 49.5 Å². The van der Waals surface area contributed by atoms with Crippen molar-refractivity contribution in [3.05, 3.63) is 223 Å². The molecule has 121 heavy (non-hydrogen) atoms. The Morgan fingerprint density at radius 3 is 1.02 bits per heavy atom. The molecule has 5 amide bonds. The number of anilines is 10. The predicted octanol–water partition coefficient (Wildman–Crippen LogP) is 17.5. The second kappa shape index (κ2) is 44.2. The number of aryl methyl sites for hydroxylation is 2. The molecule has 5 fully saturated rings. The fourth-order valence-corrected chi connectivity index (χ4v) is 15.1. The van der Waals surface area contributed by atoms with Gasteiger partial charge in [-0.2, -0.15) is 0 Å². The number of benzene rings is 6. The molecule has 0 aliphatic heterocycles. The van der Waals surface area contributed by atoms with Gasteiger partial charge in [0.2, 0.25) is 0 Å². The monoisotopic (exact) mass is 1640 g/mol. The third-order valence-electron chi connectivity index (χ3n) is 21.7. The Bertz CT molecular complexity index is 5250. The number of amides is 5. The van der Waals surface area contributed by atoms with Crippen LogP contribution in [0.15, 0.2) is 183 Å². The third-order valence-corrected chi connectivity index (χ3v) is 21.7. The smallest absolute Gasteiger partial charge is 0.274 e. The highest BCUT2D eigenvalue weighted by Crippen LogP contribution is 2.33. The second-order valence-corrected chi connectivity index (χ2v) is 30.9. The summed E-state index contributed by atoms with van der Waals surface area (Å²) in [5.41, 5.74) is 6.16. The lowest BCUT2D eigenvalue weighted by molar-refractivity contribution is 0.101. The van der Waals surface area contributed by atoms with Gasteiger partial charge in [-0.1, -0.05) is 114 Å². The van der Waals surface area contributed by atoms with Gasteiger partial charge in [0.05, 0.1) is 0 Å². The van der Waals surface area contributed by atoms with E-state index in [1.807, 2.05) is 31.2 Å². The molecule has 16 rings (SSSR count). The number of phenols is 5. The molecule has 0 radical (unpaired) electrons. The summed E-state index contributed by atoms with van der Waals surface area (Å²) in [6, 6.07) is 43.1. The minimum absolute atomic E-state index is 0.156. The van der Waals surface area contributed by atoms with Crippen LogP contribution in [0.4, 0.5) is 57.5 Å². The molecule has 30 heteroatoms. The maximum absolute atomic E-state index is 12.7. The van der Waals surface area contributed by atoms with Gasteiger partial charge in [-0.05, 0) is 192 Å². The van der Waals surface area contributed by atoms with E-state index in [-0.39, 0.29) is 58.3 Å². The second-order valence-electron chi connectivity index (χ2n) is 30.9.